The fraction of sp³-hybridized carbons (Fsp3) is 0.450. The lowest BCUT2D eigenvalue weighted by atomic mass is 10.0. The van der Waals surface area contributed by atoms with Crippen LogP contribution in [0.25, 0.3) is 0 Å². The molecule has 0 radical (unpaired) electrons. The number of carbonyl (C=O) groups excluding carboxylic acids is 1. The smallest absolute Gasteiger partial charge is 0.228 e. The number of nitrogens with one attached hydrogen (secondary N) is 2. The molecule has 1 aliphatic rings. The van der Waals surface area contributed by atoms with E-state index in [0.717, 1.165) is 31.6 Å². The molecule has 0 atom stereocenters. The van der Waals surface area contributed by atoms with Crippen molar-refractivity contribution in [3.8, 4) is 0 Å². The number of benzene rings is 1. The van der Waals surface area contributed by atoms with E-state index >= 15 is 0 Å². The van der Waals surface area contributed by atoms with Crippen molar-refractivity contribution in [3.63, 3.8) is 0 Å². The highest BCUT2D eigenvalue weighted by molar-refractivity contribution is 5.91. The van der Waals surface area contributed by atoms with Gasteiger partial charge in [-0.05, 0) is 62.1 Å². The average Bonchev–Trinajstić information content (AvgIpc) is 3.20. The Bertz CT molecular complexity index is 704. The first kappa shape index (κ1) is 18.2. The molecule has 26 heavy (non-hydrogen) atoms. The average molecular weight is 353 g/mol. The molecule has 138 valence electrons. The molecule has 1 fully saturated rings. The van der Waals surface area contributed by atoms with Crippen molar-refractivity contribution in [2.24, 2.45) is 5.92 Å². The number of carbonyl (C=O) groups is 1. The fourth-order valence-corrected chi connectivity index (χ4v) is 3.23. The van der Waals surface area contributed by atoms with Crippen LogP contribution < -0.4 is 15.5 Å². The number of hydrogen-bond acceptors (Lipinski definition) is 5. The van der Waals surface area contributed by atoms with Crippen LogP contribution in [-0.2, 0) is 4.79 Å². The Labute approximate surface area is 155 Å². The summed E-state index contributed by atoms with van der Waals surface area (Å²) in [5, 5.41) is 14.3. The molecule has 1 aromatic carbocycles. The first-order valence-electron chi connectivity index (χ1n) is 9.46. The van der Waals surface area contributed by atoms with Gasteiger partial charge in [-0.2, -0.15) is 0 Å². The normalized spacial score (nSPS) is 13.9. The summed E-state index contributed by atoms with van der Waals surface area (Å²) >= 11 is 0. The quantitative estimate of drug-likeness (QED) is 0.781. The van der Waals surface area contributed by atoms with Gasteiger partial charge in [0.1, 0.15) is 0 Å². The minimum absolute atomic E-state index is 0.00232. The van der Waals surface area contributed by atoms with Crippen LogP contribution in [0, 0.1) is 5.92 Å². The van der Waals surface area contributed by atoms with Gasteiger partial charge in [-0.3, -0.25) is 4.79 Å². The zero-order valence-corrected chi connectivity index (χ0v) is 15.5. The fourth-order valence-electron chi connectivity index (χ4n) is 3.23. The summed E-state index contributed by atoms with van der Waals surface area (Å²) in [7, 11) is 0. The summed E-state index contributed by atoms with van der Waals surface area (Å²) in [5.74, 6) is 1.16. The van der Waals surface area contributed by atoms with Gasteiger partial charge in [0, 0.05) is 30.4 Å². The number of aromatic nitrogens is 2. The van der Waals surface area contributed by atoms with E-state index in [-0.39, 0.29) is 11.8 Å². The van der Waals surface area contributed by atoms with Crippen LogP contribution in [0.2, 0.25) is 0 Å². The van der Waals surface area contributed by atoms with Gasteiger partial charge in [0.25, 0.3) is 0 Å². The van der Waals surface area contributed by atoms with Crippen LogP contribution in [-0.4, -0.2) is 29.2 Å². The number of hydrogen-bond donors (Lipinski definition) is 2. The van der Waals surface area contributed by atoms with Crippen molar-refractivity contribution in [1.82, 2.24) is 10.2 Å². The first-order valence-corrected chi connectivity index (χ1v) is 9.46. The van der Waals surface area contributed by atoms with Crippen molar-refractivity contribution >= 4 is 28.9 Å². The van der Waals surface area contributed by atoms with Gasteiger partial charge >= 0.3 is 0 Å². The van der Waals surface area contributed by atoms with Gasteiger partial charge in [0.15, 0.2) is 11.6 Å². The van der Waals surface area contributed by atoms with Crippen molar-refractivity contribution in [2.75, 3.05) is 28.6 Å². The third-order valence-electron chi connectivity index (χ3n) is 4.88. The molecule has 6 heteroatoms. The van der Waals surface area contributed by atoms with Crippen molar-refractivity contribution in [2.45, 2.75) is 39.5 Å². The van der Waals surface area contributed by atoms with E-state index in [1.807, 2.05) is 19.9 Å². The van der Waals surface area contributed by atoms with Crippen molar-refractivity contribution in [1.29, 1.82) is 0 Å². The van der Waals surface area contributed by atoms with E-state index in [1.54, 1.807) is 6.07 Å². The highest BCUT2D eigenvalue weighted by atomic mass is 16.1. The standard InChI is InChI=1S/C20H27N5O/c1-3-15(4-2)20(26)22-19-12-11-18(23-24-19)21-16-7-9-17(10-8-16)25-13-5-6-14-25/h7-12,15H,3-6,13-14H2,1-2H3,(H,21,23)(H,22,24,26). The van der Waals surface area contributed by atoms with Crippen LogP contribution in [0.3, 0.4) is 0 Å². The predicted octanol–water partition coefficient (Wildman–Crippen LogP) is 4.20. The lowest BCUT2D eigenvalue weighted by Gasteiger charge is -2.17. The molecule has 0 aliphatic carbocycles. The van der Waals surface area contributed by atoms with Crippen LogP contribution in [0.4, 0.5) is 23.0 Å². The van der Waals surface area contributed by atoms with E-state index in [9.17, 15) is 4.79 Å². The maximum atomic E-state index is 12.1. The van der Waals surface area contributed by atoms with Gasteiger partial charge in [0.05, 0.1) is 0 Å². The molecule has 0 unspecified atom stereocenters. The molecule has 2 aromatic rings. The third kappa shape index (κ3) is 4.50. The zero-order valence-electron chi connectivity index (χ0n) is 15.5. The molecule has 0 saturated carbocycles. The lowest BCUT2D eigenvalue weighted by Crippen LogP contribution is -2.22. The second-order valence-electron chi connectivity index (χ2n) is 6.67. The summed E-state index contributed by atoms with van der Waals surface area (Å²) in [6.07, 6.45) is 4.19. The Morgan fingerprint density at radius 2 is 1.62 bits per heavy atom. The summed E-state index contributed by atoms with van der Waals surface area (Å²) < 4.78 is 0. The molecule has 1 saturated heterocycles. The van der Waals surface area contributed by atoms with E-state index in [1.165, 1.54) is 18.5 Å². The maximum Gasteiger partial charge on any atom is 0.228 e. The minimum Gasteiger partial charge on any atom is -0.372 e. The third-order valence-corrected chi connectivity index (χ3v) is 4.88. The Hall–Kier alpha value is -2.63. The van der Waals surface area contributed by atoms with Crippen LogP contribution in [0.15, 0.2) is 36.4 Å². The second kappa shape index (κ2) is 8.65. The zero-order chi connectivity index (χ0) is 18.4. The molecule has 6 nitrogen and oxygen atoms in total. The minimum atomic E-state index is 0.00232. The molecule has 2 heterocycles. The molecular formula is C20H27N5O. The van der Waals surface area contributed by atoms with Crippen LogP contribution in [0.1, 0.15) is 39.5 Å². The SMILES string of the molecule is CCC(CC)C(=O)Nc1ccc(Nc2ccc(N3CCCC3)cc2)nn1. The summed E-state index contributed by atoms with van der Waals surface area (Å²) in [4.78, 5) is 14.5. The summed E-state index contributed by atoms with van der Waals surface area (Å²) in [6.45, 7) is 6.31. The van der Waals surface area contributed by atoms with Crippen LogP contribution >= 0.6 is 0 Å². The lowest BCUT2D eigenvalue weighted by molar-refractivity contribution is -0.120. The highest BCUT2D eigenvalue weighted by Gasteiger charge is 2.15. The predicted molar refractivity (Wildman–Crippen MR) is 106 cm³/mol. The maximum absolute atomic E-state index is 12.1. The number of nitrogens with zero attached hydrogens (tertiary/aromatic N) is 3. The largest absolute Gasteiger partial charge is 0.372 e. The molecule has 0 spiro atoms. The Morgan fingerprint density at radius 3 is 2.19 bits per heavy atom. The number of amides is 1. The van der Waals surface area contributed by atoms with E-state index < -0.39 is 0 Å². The monoisotopic (exact) mass is 353 g/mol. The summed E-state index contributed by atoms with van der Waals surface area (Å²) in [6, 6.07) is 12.0. The van der Waals surface area contributed by atoms with Gasteiger partial charge < -0.3 is 15.5 Å². The molecule has 1 aromatic heterocycles. The highest BCUT2D eigenvalue weighted by Crippen LogP contribution is 2.23. The van der Waals surface area contributed by atoms with Crippen molar-refractivity contribution < 1.29 is 4.79 Å². The molecule has 3 rings (SSSR count). The Balaban J connectivity index is 1.57. The Kier molecular flexibility index (Phi) is 6.04. The van der Waals surface area contributed by atoms with Gasteiger partial charge in [-0.1, -0.05) is 13.8 Å². The van der Waals surface area contributed by atoms with E-state index in [0.29, 0.717) is 11.6 Å². The van der Waals surface area contributed by atoms with E-state index in [2.05, 4.69) is 50.0 Å². The Morgan fingerprint density at radius 1 is 1.00 bits per heavy atom. The van der Waals surface area contributed by atoms with Crippen molar-refractivity contribution in [3.05, 3.63) is 36.4 Å². The summed E-state index contributed by atoms with van der Waals surface area (Å²) in [5.41, 5.74) is 2.23. The molecule has 2 N–H and O–H groups in total. The van der Waals surface area contributed by atoms with Crippen LogP contribution in [0.5, 0.6) is 0 Å². The van der Waals surface area contributed by atoms with E-state index in [4.69, 9.17) is 0 Å². The first-order chi connectivity index (χ1) is 12.7. The molecule has 1 amide bonds. The molecular weight excluding hydrogens is 326 g/mol. The molecule has 0 bridgehead atoms. The second-order valence-corrected chi connectivity index (χ2v) is 6.67. The molecule has 1 aliphatic heterocycles. The van der Waals surface area contributed by atoms with Gasteiger partial charge in [-0.25, -0.2) is 0 Å². The number of rotatable bonds is 7. The topological polar surface area (TPSA) is 70.2 Å². The van der Waals surface area contributed by atoms with Gasteiger partial charge in [-0.15, -0.1) is 10.2 Å². The number of anilines is 4. The van der Waals surface area contributed by atoms with Gasteiger partial charge in [0.2, 0.25) is 5.91 Å².